The van der Waals surface area contributed by atoms with Crippen molar-refractivity contribution in [3.05, 3.63) is 11.6 Å². The molecular weight excluding hydrogens is 250 g/mol. The Morgan fingerprint density at radius 1 is 1.40 bits per heavy atom. The van der Waals surface area contributed by atoms with Gasteiger partial charge in [0.25, 0.3) is 0 Å². The Kier molecular flexibility index (Phi) is 3.60. The molecule has 0 radical (unpaired) electrons. The molecule has 1 aliphatic rings. The molecule has 0 atom stereocenters. The fraction of sp³-hybridized carbons (Fsp3) is 0.333. The molecule has 1 heterocycles. The number of hydrogen-bond donors (Lipinski definition) is 2. The van der Waals surface area contributed by atoms with Crippen LogP contribution in [0.2, 0.25) is 0 Å². The molecular formula is C9H11NO2S3. The highest BCUT2D eigenvalue weighted by Crippen LogP contribution is 2.61. The van der Waals surface area contributed by atoms with Crippen molar-refractivity contribution in [2.45, 2.75) is 16.2 Å². The number of nitrogens with two attached hydrogens (primary N) is 1. The lowest BCUT2D eigenvalue weighted by Crippen LogP contribution is -2.04. The summed E-state index contributed by atoms with van der Waals surface area (Å²) >= 11 is 0. The second-order valence-corrected chi connectivity index (χ2v) is 6.94. The summed E-state index contributed by atoms with van der Waals surface area (Å²) in [6.07, 6.45) is 0.786. The molecule has 82 valence electrons. The predicted octanol–water partition coefficient (Wildman–Crippen LogP) is 2.66. The quantitative estimate of drug-likeness (QED) is 0.816. The third-order valence-corrected chi connectivity index (χ3v) is 6.19. The first-order chi connectivity index (χ1) is 7.27. The van der Waals surface area contributed by atoms with Crippen LogP contribution in [0.1, 0.15) is 5.56 Å². The summed E-state index contributed by atoms with van der Waals surface area (Å²) in [7, 11) is 6.59. The van der Waals surface area contributed by atoms with E-state index in [-0.39, 0.29) is 5.75 Å². The van der Waals surface area contributed by atoms with Gasteiger partial charge in [-0.15, -0.1) is 0 Å². The summed E-state index contributed by atoms with van der Waals surface area (Å²) in [4.78, 5) is 2.21. The first-order valence-corrected chi connectivity index (χ1v) is 7.90. The molecule has 3 nitrogen and oxygen atoms in total. The maximum atomic E-state index is 9.78. The van der Waals surface area contributed by atoms with E-state index in [0.29, 0.717) is 12.3 Å². The van der Waals surface area contributed by atoms with Gasteiger partial charge >= 0.3 is 0 Å². The van der Waals surface area contributed by atoms with E-state index >= 15 is 0 Å². The highest BCUT2D eigenvalue weighted by atomic mass is 33.5. The van der Waals surface area contributed by atoms with Crippen molar-refractivity contribution in [1.82, 2.24) is 0 Å². The van der Waals surface area contributed by atoms with E-state index in [1.54, 1.807) is 44.6 Å². The Labute approximate surface area is 99.9 Å². The zero-order chi connectivity index (χ0) is 10.8. The number of phenolic OH excluding ortho intramolecular Hbond substituents is 1. The lowest BCUT2D eigenvalue weighted by molar-refractivity contribution is 0.362. The molecule has 0 saturated carbocycles. The second kappa shape index (κ2) is 4.78. The lowest BCUT2D eigenvalue weighted by Gasteiger charge is -2.11. The molecule has 0 unspecified atom stereocenters. The number of fused-ring (bicyclic) bond motifs is 1. The molecule has 1 aromatic rings. The van der Waals surface area contributed by atoms with Crippen LogP contribution in [0.5, 0.6) is 11.5 Å². The zero-order valence-corrected chi connectivity index (χ0v) is 10.6. The lowest BCUT2D eigenvalue weighted by atomic mass is 10.1. The molecule has 0 saturated heterocycles. The Balaban J connectivity index is 2.52. The maximum Gasteiger partial charge on any atom is 0.176 e. The highest BCUT2D eigenvalue weighted by molar-refractivity contribution is 9.10. The Morgan fingerprint density at radius 2 is 2.13 bits per heavy atom. The SMILES string of the molecule is COc1c(O)cc(CCN)c2c1SSS2. The summed E-state index contributed by atoms with van der Waals surface area (Å²) in [5, 5.41) is 9.78. The first kappa shape index (κ1) is 11.3. The summed E-state index contributed by atoms with van der Waals surface area (Å²) in [6, 6.07) is 1.75. The fourth-order valence-electron chi connectivity index (χ4n) is 1.45. The number of benzene rings is 1. The molecule has 0 aromatic heterocycles. The molecule has 0 bridgehead atoms. The van der Waals surface area contributed by atoms with Crippen molar-refractivity contribution in [3.8, 4) is 11.5 Å². The van der Waals surface area contributed by atoms with E-state index in [0.717, 1.165) is 16.9 Å². The number of phenols is 1. The van der Waals surface area contributed by atoms with Gasteiger partial charge in [-0.2, -0.15) is 0 Å². The molecule has 0 amide bonds. The molecule has 3 N–H and O–H groups in total. The molecule has 1 aromatic carbocycles. The van der Waals surface area contributed by atoms with Gasteiger partial charge in [0.05, 0.1) is 12.0 Å². The second-order valence-electron chi connectivity index (χ2n) is 3.02. The van der Waals surface area contributed by atoms with Gasteiger partial charge in [0.15, 0.2) is 11.5 Å². The Hall–Kier alpha value is -0.170. The van der Waals surface area contributed by atoms with E-state index in [1.165, 1.54) is 4.90 Å². The monoisotopic (exact) mass is 261 g/mol. The molecule has 0 fully saturated rings. The van der Waals surface area contributed by atoms with E-state index in [2.05, 4.69) is 0 Å². The van der Waals surface area contributed by atoms with Crippen LogP contribution < -0.4 is 10.5 Å². The smallest absolute Gasteiger partial charge is 0.176 e. The van der Waals surface area contributed by atoms with Gasteiger partial charge in [-0.05, 0) is 56.0 Å². The largest absolute Gasteiger partial charge is 0.504 e. The Bertz CT molecular complexity index is 384. The van der Waals surface area contributed by atoms with Crippen molar-refractivity contribution < 1.29 is 9.84 Å². The number of ether oxygens (including phenoxy) is 1. The average molecular weight is 261 g/mol. The van der Waals surface area contributed by atoms with E-state index in [4.69, 9.17) is 10.5 Å². The standard InChI is InChI=1S/C9H11NO2S3/c1-12-7-6(11)4-5(2-3-10)8-9(7)14-15-13-8/h4,11H,2-3,10H2,1H3. The number of hydrogen-bond acceptors (Lipinski definition) is 6. The van der Waals surface area contributed by atoms with Gasteiger partial charge in [-0.3, -0.25) is 0 Å². The van der Waals surface area contributed by atoms with Crippen molar-refractivity contribution in [3.63, 3.8) is 0 Å². The van der Waals surface area contributed by atoms with Crippen LogP contribution in [0, 0.1) is 0 Å². The topological polar surface area (TPSA) is 55.5 Å². The minimum absolute atomic E-state index is 0.204. The zero-order valence-electron chi connectivity index (χ0n) is 8.15. The molecule has 2 rings (SSSR count). The van der Waals surface area contributed by atoms with Crippen LogP contribution in [-0.2, 0) is 6.42 Å². The van der Waals surface area contributed by atoms with Crippen LogP contribution >= 0.6 is 31.4 Å². The van der Waals surface area contributed by atoms with E-state index < -0.39 is 0 Å². The molecule has 1 aliphatic heterocycles. The fourth-order valence-corrected chi connectivity index (χ4v) is 6.18. The minimum Gasteiger partial charge on any atom is -0.504 e. The van der Waals surface area contributed by atoms with Gasteiger partial charge in [0.1, 0.15) is 0 Å². The van der Waals surface area contributed by atoms with Gasteiger partial charge in [-0.25, -0.2) is 0 Å². The Morgan fingerprint density at radius 3 is 2.80 bits per heavy atom. The molecule has 6 heteroatoms. The van der Waals surface area contributed by atoms with Crippen LogP contribution in [0.3, 0.4) is 0 Å². The van der Waals surface area contributed by atoms with Crippen LogP contribution in [-0.4, -0.2) is 18.8 Å². The van der Waals surface area contributed by atoms with Crippen LogP contribution in [0.15, 0.2) is 15.9 Å². The third kappa shape index (κ3) is 2.04. The van der Waals surface area contributed by atoms with Crippen molar-refractivity contribution in [2.24, 2.45) is 5.73 Å². The third-order valence-electron chi connectivity index (χ3n) is 2.10. The van der Waals surface area contributed by atoms with Crippen molar-refractivity contribution in [1.29, 1.82) is 0 Å². The molecule has 0 aliphatic carbocycles. The van der Waals surface area contributed by atoms with E-state index in [1.807, 2.05) is 0 Å². The van der Waals surface area contributed by atoms with Crippen molar-refractivity contribution >= 4 is 31.4 Å². The maximum absolute atomic E-state index is 9.78. The number of aromatic hydroxyl groups is 1. The van der Waals surface area contributed by atoms with Crippen molar-refractivity contribution in [2.75, 3.05) is 13.7 Å². The number of rotatable bonds is 3. The van der Waals surface area contributed by atoms with E-state index in [9.17, 15) is 5.11 Å². The molecule has 0 spiro atoms. The summed E-state index contributed by atoms with van der Waals surface area (Å²) in [6.45, 7) is 0.591. The van der Waals surface area contributed by atoms with Crippen LogP contribution in [0.25, 0.3) is 0 Å². The average Bonchev–Trinajstić information content (AvgIpc) is 2.67. The van der Waals surface area contributed by atoms with Gasteiger partial charge in [0, 0.05) is 4.90 Å². The normalized spacial score (nSPS) is 14.0. The van der Waals surface area contributed by atoms with Crippen LogP contribution in [0.4, 0.5) is 0 Å². The summed E-state index contributed by atoms with van der Waals surface area (Å²) in [5.74, 6) is 0.781. The van der Waals surface area contributed by atoms with Gasteiger partial charge in [-0.1, -0.05) is 0 Å². The first-order valence-electron chi connectivity index (χ1n) is 4.42. The summed E-state index contributed by atoms with van der Waals surface area (Å²) in [5.41, 5.74) is 6.64. The summed E-state index contributed by atoms with van der Waals surface area (Å²) < 4.78 is 5.19. The number of methoxy groups -OCH3 is 1. The highest BCUT2D eigenvalue weighted by Gasteiger charge is 2.24. The predicted molar refractivity (Wildman–Crippen MR) is 66.7 cm³/mol. The van der Waals surface area contributed by atoms with Gasteiger partial charge in [0.2, 0.25) is 0 Å². The molecule has 15 heavy (non-hydrogen) atoms. The van der Waals surface area contributed by atoms with Gasteiger partial charge < -0.3 is 15.6 Å². The minimum atomic E-state index is 0.204.